The fourth-order valence-electron chi connectivity index (χ4n) is 16.1. The van der Waals surface area contributed by atoms with E-state index in [9.17, 15) is 76.1 Å². The summed E-state index contributed by atoms with van der Waals surface area (Å²) in [5.41, 5.74) is 26.4. The Morgan fingerprint density at radius 1 is 0.429 bits per heavy atom. The average molecular weight is 1620 g/mol. The lowest BCUT2D eigenvalue weighted by molar-refractivity contribution is -0.385. The zero-order chi connectivity index (χ0) is 83.9. The number of rotatable bonds is 14. The number of hydrogen-bond donors (Lipinski definition) is 7. The minimum absolute atomic E-state index is 0.00157. The molecule has 0 saturated heterocycles. The van der Waals surface area contributed by atoms with Gasteiger partial charge in [-0.05, 0) is 189 Å². The van der Waals surface area contributed by atoms with Crippen LogP contribution in [0.3, 0.4) is 0 Å². The smallest absolute Gasteiger partial charge is 0.414 e. The number of nitro groups is 2. The number of carbonyl (C=O) groups is 8. The number of amides is 7. The Morgan fingerprint density at radius 3 is 1.18 bits per heavy atom. The molecule has 0 atom stereocenters. The molecule has 0 spiro atoms. The highest BCUT2D eigenvalue weighted by Crippen LogP contribution is 2.43. The van der Waals surface area contributed by atoms with Gasteiger partial charge in [0.25, 0.3) is 23.2 Å². The van der Waals surface area contributed by atoms with E-state index in [-0.39, 0.29) is 54.3 Å². The largest absolute Gasteiger partial charge is 0.461 e. The van der Waals surface area contributed by atoms with Gasteiger partial charge in [0, 0.05) is 153 Å². The number of carbonyl (C=O) groups excluding carboxylic acids is 8. The molecule has 0 bridgehead atoms. The van der Waals surface area contributed by atoms with Gasteiger partial charge < -0.3 is 65.1 Å². The lowest BCUT2D eigenvalue weighted by Gasteiger charge is -2.24. The summed E-state index contributed by atoms with van der Waals surface area (Å²) in [5, 5.41) is 25.8. The van der Waals surface area contributed by atoms with Crippen LogP contribution in [0, 0.1) is 50.4 Å². The molecule has 18 rings (SSSR count). The van der Waals surface area contributed by atoms with Crippen molar-refractivity contribution in [2.24, 2.45) is 11.5 Å². The predicted molar refractivity (Wildman–Crippen MR) is 431 cm³/mol. The zero-order valence-corrected chi connectivity index (χ0v) is 64.0. The SMILES string of the molecule is CC(C)(C)OC(=O)N1CCc2c1ccc1[nH]c(C(=O)OCCc3ccc([N+](=O)[O-])cc3)cc21.Cc1cc2c(c3cc(C(=O)N4CCc5c4ccc4[nH]c(C(=O)OCCc6ccc([N+](=O)[O-])cc6)cc54)[nH]c13)CCN2C(=O)c1cc2c3c(ccc2[nH]1)N(C(N)=O)CC3.NC(=O)N1CCc2c1ccc1[nH]c(C(=O)Oc3c(F)c(F)cc(F)c3F)cc21. The van der Waals surface area contributed by atoms with Crippen LogP contribution in [0.25, 0.3) is 54.5 Å². The Labute approximate surface area is 670 Å². The first-order valence-corrected chi connectivity index (χ1v) is 37.8. The van der Waals surface area contributed by atoms with E-state index in [0.29, 0.717) is 117 Å². The minimum atomic E-state index is -1.82. The van der Waals surface area contributed by atoms with Crippen molar-refractivity contribution in [1.82, 2.24) is 24.9 Å². The zero-order valence-electron chi connectivity index (χ0n) is 64.0. The Hall–Kier alpha value is -14.9. The molecule has 606 valence electrons. The maximum atomic E-state index is 14.2. The number of H-pyrrole nitrogens is 5. The first-order chi connectivity index (χ1) is 56.9. The molecular formula is C85H72F4N14O16. The Balaban J connectivity index is 0.000000146. The number of hydrogen-bond acceptors (Lipinski definition) is 16. The molecule has 10 heterocycles. The molecule has 0 aliphatic carbocycles. The van der Waals surface area contributed by atoms with E-state index >= 15 is 0 Å². The Morgan fingerprint density at radius 2 is 0.773 bits per heavy atom. The van der Waals surface area contributed by atoms with Gasteiger partial charge in [0.15, 0.2) is 11.6 Å². The van der Waals surface area contributed by atoms with Gasteiger partial charge in [-0.15, -0.1) is 0 Å². The second kappa shape index (κ2) is 30.7. The molecule has 0 saturated carbocycles. The first-order valence-electron chi connectivity index (χ1n) is 37.8. The highest BCUT2D eigenvalue weighted by atomic mass is 19.2. The van der Waals surface area contributed by atoms with Gasteiger partial charge in [0.2, 0.25) is 17.4 Å². The van der Waals surface area contributed by atoms with Crippen molar-refractivity contribution in [3.63, 3.8) is 0 Å². The molecule has 5 aromatic heterocycles. The fourth-order valence-corrected chi connectivity index (χ4v) is 16.1. The molecule has 9 N–H and O–H groups in total. The number of non-ortho nitro benzene ring substituents is 2. The summed E-state index contributed by atoms with van der Waals surface area (Å²) < 4.78 is 74.9. The number of halogens is 4. The molecule has 34 heteroatoms. The van der Waals surface area contributed by atoms with Gasteiger partial charge in [-0.1, -0.05) is 24.3 Å². The predicted octanol–water partition coefficient (Wildman–Crippen LogP) is 14.8. The lowest BCUT2D eigenvalue weighted by Crippen LogP contribution is -2.35. The normalized spacial score (nSPS) is 13.7. The van der Waals surface area contributed by atoms with Crippen molar-refractivity contribution in [2.75, 3.05) is 70.4 Å². The third kappa shape index (κ3) is 14.8. The van der Waals surface area contributed by atoms with Crippen molar-refractivity contribution in [3.8, 4) is 5.75 Å². The van der Waals surface area contributed by atoms with Crippen LogP contribution in [0.2, 0.25) is 0 Å². The summed E-state index contributed by atoms with van der Waals surface area (Å²) in [6, 6.07) is 36.3. The van der Waals surface area contributed by atoms with Crippen LogP contribution in [0.4, 0.5) is 71.8 Å². The van der Waals surface area contributed by atoms with Crippen LogP contribution in [0.5, 0.6) is 5.75 Å². The summed E-state index contributed by atoms with van der Waals surface area (Å²) in [4.78, 5) is 147. The number of fused-ring (bicyclic) bond motifs is 15. The summed E-state index contributed by atoms with van der Waals surface area (Å²) in [6.07, 6.45) is 3.52. The molecule has 0 radical (unpaired) electrons. The topological polar surface area (TPSA) is 407 Å². The Bertz CT molecular complexity index is 6450. The van der Waals surface area contributed by atoms with E-state index in [1.807, 2.05) is 82.3 Å². The van der Waals surface area contributed by atoms with Crippen LogP contribution >= 0.6 is 0 Å². The third-order valence-electron chi connectivity index (χ3n) is 21.7. The van der Waals surface area contributed by atoms with Crippen molar-refractivity contribution in [1.29, 1.82) is 0 Å². The van der Waals surface area contributed by atoms with Gasteiger partial charge in [0.1, 0.15) is 34.1 Å². The van der Waals surface area contributed by atoms with Gasteiger partial charge in [-0.2, -0.15) is 8.78 Å². The number of benzene rings is 8. The number of nitro benzene ring substituents is 2. The van der Waals surface area contributed by atoms with Gasteiger partial charge in [-0.3, -0.25) is 44.5 Å². The molecule has 0 fully saturated rings. The van der Waals surface area contributed by atoms with E-state index in [1.54, 1.807) is 68.1 Å². The summed E-state index contributed by atoms with van der Waals surface area (Å²) in [7, 11) is 0. The number of ether oxygens (including phenoxy) is 4. The molecule has 30 nitrogen and oxygen atoms in total. The van der Waals surface area contributed by atoms with E-state index in [1.165, 1.54) is 35.2 Å². The second-order valence-electron chi connectivity index (χ2n) is 30.1. The third-order valence-corrected chi connectivity index (χ3v) is 21.7. The molecule has 8 aromatic carbocycles. The summed E-state index contributed by atoms with van der Waals surface area (Å²) in [5.74, 6) is -11.0. The molecule has 0 unspecified atom stereocenters. The molecule has 5 aliphatic heterocycles. The van der Waals surface area contributed by atoms with Crippen LogP contribution < -0.4 is 40.7 Å². The fraction of sp³-hybridized carbons (Fsp3) is 0.224. The van der Waals surface area contributed by atoms with Crippen LogP contribution in [-0.4, -0.2) is 134 Å². The minimum Gasteiger partial charge on any atom is -0.461 e. The first kappa shape index (κ1) is 78.0. The number of aryl methyl sites for hydroxylation is 1. The molecular weight excluding hydrogens is 1550 g/mol. The second-order valence-corrected chi connectivity index (χ2v) is 30.1. The molecule has 13 aromatic rings. The van der Waals surface area contributed by atoms with Crippen molar-refractivity contribution in [2.45, 2.75) is 78.2 Å². The number of aromatic nitrogens is 5. The molecule has 7 amide bonds. The number of esters is 3. The van der Waals surface area contributed by atoms with Gasteiger partial charge in [-0.25, -0.2) is 37.5 Å². The summed E-state index contributed by atoms with van der Waals surface area (Å²) in [6.45, 7) is 10.1. The standard InChI is InChI=1S/C43H36N8O7.C24H25N3O6.C18H11F4N3O3/c1-22-18-38-27(11-15-49(38)40(52)33-19-28-26-12-16-50(43(44)55)37(26)9-7-31(28)45-33)30-21-34(47-39(22)30)41(53)48-14-10-25-29-20-35(46-32(29)6-8-36(25)48)42(54)58-17-13-23-2-4-24(5-3-23)51(56)57;1-24(2,3)33-23(29)26-12-10-17-18-14-20(25-19(18)8-9-21(17)26)22(28)32-13-11-15-4-6-16(7-5-15)27(30)31;19-9-6-10(20)15(22)16(14(9)21)28-17(26)12-5-8-7-3-4-25(18(23)27)13(7)2-1-11(8)24-12/h2-9,18-21,45-47H,10-17H2,1H3,(H2,44,55);4-9,14,25H,10-13H2,1-3H3;1-2,5-6,24H,3-4H2,(H2,23,27). The highest BCUT2D eigenvalue weighted by Gasteiger charge is 2.37. The maximum Gasteiger partial charge on any atom is 0.414 e. The summed E-state index contributed by atoms with van der Waals surface area (Å²) >= 11 is 0. The van der Waals surface area contributed by atoms with Gasteiger partial charge in [0.05, 0.1) is 28.7 Å². The van der Waals surface area contributed by atoms with E-state index in [2.05, 4.69) is 29.7 Å². The monoisotopic (exact) mass is 1620 g/mol. The van der Waals surface area contributed by atoms with Crippen LogP contribution in [0.15, 0.2) is 140 Å². The number of nitrogens with zero attached hydrogens (tertiary/aromatic N) is 7. The number of primary amides is 2. The average Bonchev–Trinajstić information content (AvgIpc) is 1.57. The van der Waals surface area contributed by atoms with Crippen molar-refractivity contribution in [3.05, 3.63) is 256 Å². The number of nitrogens with one attached hydrogen (secondary N) is 5. The van der Waals surface area contributed by atoms with Gasteiger partial charge >= 0.3 is 36.1 Å². The van der Waals surface area contributed by atoms with Crippen molar-refractivity contribution < 1.29 is 84.7 Å². The quantitative estimate of drug-likeness (QED) is 0.0101. The molecule has 119 heavy (non-hydrogen) atoms. The van der Waals surface area contributed by atoms with Crippen LogP contribution in [-0.2, 0) is 59.2 Å². The highest BCUT2D eigenvalue weighted by molar-refractivity contribution is 6.15. The number of nitrogens with two attached hydrogens (primary N) is 2. The number of urea groups is 2. The van der Waals surface area contributed by atoms with E-state index < -0.39 is 74.4 Å². The van der Waals surface area contributed by atoms with E-state index in [0.717, 1.165) is 111 Å². The number of anilines is 5. The maximum absolute atomic E-state index is 14.2. The Kier molecular flexibility index (Phi) is 20.2. The van der Waals surface area contributed by atoms with Crippen LogP contribution in [0.1, 0.15) is 118 Å². The van der Waals surface area contributed by atoms with E-state index in [4.69, 9.17) is 25.7 Å². The number of aromatic amines is 5. The van der Waals surface area contributed by atoms with Crippen molar-refractivity contribution >= 4 is 142 Å². The molecule has 5 aliphatic rings. The lowest BCUT2D eigenvalue weighted by atomic mass is 10.0.